The minimum absolute atomic E-state index is 0.933. The molecule has 1 aliphatic carbocycles. The minimum Gasteiger partial charge on any atom is -0.309 e. The lowest BCUT2D eigenvalue weighted by Crippen LogP contribution is -1.95. The maximum atomic E-state index is 2.47. The van der Waals surface area contributed by atoms with E-state index in [0.717, 1.165) is 6.42 Å². The maximum absolute atomic E-state index is 2.47. The third-order valence-corrected chi connectivity index (χ3v) is 11.6. The van der Waals surface area contributed by atoms with Crippen LogP contribution >= 0.6 is 0 Å². The first-order valence-corrected chi connectivity index (χ1v) is 19.5. The van der Waals surface area contributed by atoms with E-state index in [9.17, 15) is 0 Å². The van der Waals surface area contributed by atoms with Crippen molar-refractivity contribution in [2.75, 3.05) is 0 Å². The molecular formula is C55H37N. The number of nitrogens with zero attached hydrogens (tertiary/aromatic N) is 1. The number of aromatic nitrogens is 1. The minimum atomic E-state index is 0.933. The molecule has 0 N–H and O–H groups in total. The molecule has 0 unspecified atom stereocenters. The van der Waals surface area contributed by atoms with Gasteiger partial charge in [-0.05, 0) is 121 Å². The lowest BCUT2D eigenvalue weighted by atomic mass is 9.97. The van der Waals surface area contributed by atoms with Crippen LogP contribution in [0, 0.1) is 0 Å². The molecule has 0 saturated carbocycles. The van der Waals surface area contributed by atoms with Gasteiger partial charge in [0.05, 0.1) is 11.0 Å². The Bertz CT molecular complexity index is 2900. The van der Waals surface area contributed by atoms with Crippen LogP contribution < -0.4 is 0 Å². The molecule has 0 radical (unpaired) electrons. The fourth-order valence-electron chi connectivity index (χ4n) is 8.78. The maximum Gasteiger partial charge on any atom is 0.0541 e. The molecule has 1 heteroatoms. The van der Waals surface area contributed by atoms with Gasteiger partial charge < -0.3 is 4.57 Å². The number of hydrogen-bond donors (Lipinski definition) is 0. The summed E-state index contributed by atoms with van der Waals surface area (Å²) < 4.78 is 2.47. The van der Waals surface area contributed by atoms with Crippen molar-refractivity contribution in [1.82, 2.24) is 4.57 Å². The van der Waals surface area contributed by atoms with Crippen molar-refractivity contribution in [2.45, 2.75) is 6.42 Å². The Hall–Kier alpha value is -7.22. The van der Waals surface area contributed by atoms with Gasteiger partial charge in [-0.25, -0.2) is 0 Å². The molecule has 0 aliphatic heterocycles. The van der Waals surface area contributed by atoms with Gasteiger partial charge >= 0.3 is 0 Å². The average molecular weight is 712 g/mol. The highest BCUT2D eigenvalue weighted by atomic mass is 15.0. The summed E-state index contributed by atoms with van der Waals surface area (Å²) in [7, 11) is 0. The zero-order chi connectivity index (χ0) is 37.0. The monoisotopic (exact) mass is 711 g/mol. The SMILES string of the molecule is c1ccc(-c2ccc(-c3ccc4c(c3)c3cc(-c5ccc(-c6ccccc6)cc5)ccc3n4-c3ccc4c(c3)Cc3cc(-c5ccccc5)ccc3-4)cc2)cc1. The molecule has 1 aliphatic rings. The van der Waals surface area contributed by atoms with Crippen molar-refractivity contribution in [1.29, 1.82) is 0 Å². The Labute approximate surface area is 327 Å². The number of hydrogen-bond acceptors (Lipinski definition) is 0. The molecule has 0 bridgehead atoms. The van der Waals surface area contributed by atoms with Crippen molar-refractivity contribution in [3.63, 3.8) is 0 Å². The predicted octanol–water partition coefficient (Wildman–Crippen LogP) is 14.7. The highest BCUT2D eigenvalue weighted by molar-refractivity contribution is 6.11. The molecule has 0 spiro atoms. The van der Waals surface area contributed by atoms with Gasteiger partial charge in [0, 0.05) is 16.5 Å². The highest BCUT2D eigenvalue weighted by Gasteiger charge is 2.21. The van der Waals surface area contributed by atoms with Crippen molar-refractivity contribution in [3.05, 3.63) is 223 Å². The van der Waals surface area contributed by atoms with Gasteiger partial charge in [0.2, 0.25) is 0 Å². The summed E-state index contributed by atoms with van der Waals surface area (Å²) in [5, 5.41) is 2.51. The molecule has 0 atom stereocenters. The fraction of sp³-hybridized carbons (Fsp3) is 0.0182. The second-order valence-corrected chi connectivity index (χ2v) is 14.9. The Morgan fingerprint density at radius 1 is 0.268 bits per heavy atom. The van der Waals surface area contributed by atoms with E-state index in [2.05, 4.69) is 217 Å². The van der Waals surface area contributed by atoms with Crippen LogP contribution in [-0.2, 0) is 6.42 Å². The molecule has 0 saturated heterocycles. The van der Waals surface area contributed by atoms with E-state index < -0.39 is 0 Å². The first-order valence-electron chi connectivity index (χ1n) is 19.5. The lowest BCUT2D eigenvalue weighted by Gasteiger charge is -2.11. The van der Waals surface area contributed by atoms with Gasteiger partial charge in [-0.2, -0.15) is 0 Å². The third-order valence-electron chi connectivity index (χ3n) is 11.6. The first kappa shape index (κ1) is 32.2. The number of benzene rings is 9. The predicted molar refractivity (Wildman–Crippen MR) is 236 cm³/mol. The van der Waals surface area contributed by atoms with Gasteiger partial charge in [0.1, 0.15) is 0 Å². The van der Waals surface area contributed by atoms with Gasteiger partial charge in [-0.3, -0.25) is 0 Å². The third kappa shape index (κ3) is 5.56. The Kier molecular flexibility index (Phi) is 7.64. The van der Waals surface area contributed by atoms with E-state index in [1.54, 1.807) is 0 Å². The van der Waals surface area contributed by atoms with E-state index in [0.29, 0.717) is 0 Å². The first-order chi connectivity index (χ1) is 27.7. The second-order valence-electron chi connectivity index (χ2n) is 14.9. The zero-order valence-corrected chi connectivity index (χ0v) is 30.9. The molecule has 0 fully saturated rings. The Morgan fingerprint density at radius 3 is 1.09 bits per heavy atom. The second kappa shape index (κ2) is 13.3. The van der Waals surface area contributed by atoms with Gasteiger partial charge in [0.25, 0.3) is 0 Å². The number of fused-ring (bicyclic) bond motifs is 6. The van der Waals surface area contributed by atoms with Crippen LogP contribution in [-0.4, -0.2) is 4.57 Å². The van der Waals surface area contributed by atoms with Crippen molar-refractivity contribution < 1.29 is 0 Å². The molecule has 56 heavy (non-hydrogen) atoms. The van der Waals surface area contributed by atoms with Gasteiger partial charge in [0.15, 0.2) is 0 Å². The summed E-state index contributed by atoms with van der Waals surface area (Å²) in [5.41, 5.74) is 21.4. The van der Waals surface area contributed by atoms with Gasteiger partial charge in [-0.1, -0.05) is 176 Å². The van der Waals surface area contributed by atoms with Gasteiger partial charge in [-0.15, -0.1) is 0 Å². The Morgan fingerprint density at radius 2 is 0.607 bits per heavy atom. The molecule has 1 nitrogen and oxygen atoms in total. The molecular weight excluding hydrogens is 675 g/mol. The molecule has 1 aromatic heterocycles. The van der Waals surface area contributed by atoms with Crippen LogP contribution in [0.3, 0.4) is 0 Å². The lowest BCUT2D eigenvalue weighted by molar-refractivity contribution is 1.16. The van der Waals surface area contributed by atoms with Crippen LogP contribution in [0.4, 0.5) is 0 Å². The zero-order valence-electron chi connectivity index (χ0n) is 30.9. The quantitative estimate of drug-likeness (QED) is 0.162. The Balaban J connectivity index is 1.02. The summed E-state index contributed by atoms with van der Waals surface area (Å²) in [4.78, 5) is 0. The van der Waals surface area contributed by atoms with Crippen LogP contribution in [0.5, 0.6) is 0 Å². The summed E-state index contributed by atoms with van der Waals surface area (Å²) in [5.74, 6) is 0. The largest absolute Gasteiger partial charge is 0.309 e. The fourth-order valence-corrected chi connectivity index (χ4v) is 8.78. The molecule has 10 aromatic rings. The molecule has 0 amide bonds. The van der Waals surface area contributed by atoms with E-state index in [1.807, 2.05) is 0 Å². The van der Waals surface area contributed by atoms with Crippen molar-refractivity contribution in [2.24, 2.45) is 0 Å². The molecule has 1 heterocycles. The van der Waals surface area contributed by atoms with Crippen LogP contribution in [0.1, 0.15) is 11.1 Å². The van der Waals surface area contributed by atoms with E-state index in [1.165, 1.54) is 105 Å². The normalized spacial score (nSPS) is 11.9. The van der Waals surface area contributed by atoms with Crippen molar-refractivity contribution >= 4 is 21.8 Å². The van der Waals surface area contributed by atoms with Crippen LogP contribution in [0.15, 0.2) is 212 Å². The van der Waals surface area contributed by atoms with Crippen LogP contribution in [0.2, 0.25) is 0 Å². The molecule has 11 rings (SSSR count). The summed E-state index contributed by atoms with van der Waals surface area (Å²) in [6, 6.07) is 77.9. The van der Waals surface area contributed by atoms with E-state index in [-0.39, 0.29) is 0 Å². The summed E-state index contributed by atoms with van der Waals surface area (Å²) in [6.45, 7) is 0. The smallest absolute Gasteiger partial charge is 0.0541 e. The average Bonchev–Trinajstić information content (AvgIpc) is 3.81. The summed E-state index contributed by atoms with van der Waals surface area (Å²) >= 11 is 0. The number of rotatable bonds is 6. The topological polar surface area (TPSA) is 4.93 Å². The standard InChI is InChI=1S/C55H37N/c1-4-10-37(11-5-1)40-16-20-42(21-17-40)45-25-30-54-52(35-45)53-36-46(43-22-18-41(19-23-43)38-12-6-2-7-13-38)26-31-55(53)56(54)49-27-29-51-48(34-49)33-47-32-44(24-28-50(47)51)39-14-8-3-9-15-39/h1-32,34-36H,33H2. The van der Waals surface area contributed by atoms with Crippen molar-refractivity contribution in [3.8, 4) is 72.4 Å². The molecule has 262 valence electrons. The van der Waals surface area contributed by atoms with E-state index in [4.69, 9.17) is 0 Å². The van der Waals surface area contributed by atoms with E-state index >= 15 is 0 Å². The summed E-state index contributed by atoms with van der Waals surface area (Å²) in [6.07, 6.45) is 0.933. The van der Waals surface area contributed by atoms with Crippen LogP contribution in [0.25, 0.3) is 94.3 Å². The molecule has 9 aromatic carbocycles. The highest BCUT2D eigenvalue weighted by Crippen LogP contribution is 2.42.